The lowest BCUT2D eigenvalue weighted by Gasteiger charge is -2.09. The van der Waals surface area contributed by atoms with Crippen molar-refractivity contribution in [2.45, 2.75) is 12.8 Å². The monoisotopic (exact) mass is 216 g/mol. The normalized spacial score (nSPS) is 19.3. The summed E-state index contributed by atoms with van der Waals surface area (Å²) < 4.78 is 0. The van der Waals surface area contributed by atoms with Gasteiger partial charge >= 0.3 is 0 Å². The first kappa shape index (κ1) is 10.9. The number of nitrogens with zero attached hydrogens (tertiary/aromatic N) is 2. The van der Waals surface area contributed by atoms with Crippen LogP contribution in [0.3, 0.4) is 0 Å². The maximum absolute atomic E-state index is 8.75. The fourth-order valence-electron chi connectivity index (χ4n) is 1.96. The third-order valence-electron chi connectivity index (χ3n) is 2.91. The topological polar surface area (TPSA) is 60.7 Å². The van der Waals surface area contributed by atoms with Gasteiger partial charge in [-0.3, -0.25) is 0 Å². The van der Waals surface area contributed by atoms with Gasteiger partial charge in [0.25, 0.3) is 0 Å². The zero-order chi connectivity index (χ0) is 11.2. The molecule has 2 rings (SSSR count). The summed E-state index contributed by atoms with van der Waals surface area (Å²) in [6, 6.07) is 5.61. The summed E-state index contributed by atoms with van der Waals surface area (Å²) in [6.45, 7) is 3.20. The van der Waals surface area contributed by atoms with Crippen LogP contribution in [0, 0.1) is 17.2 Å². The molecular formula is C12H16N4. The van der Waals surface area contributed by atoms with E-state index >= 15 is 0 Å². The van der Waals surface area contributed by atoms with Gasteiger partial charge in [-0.2, -0.15) is 5.26 Å². The van der Waals surface area contributed by atoms with E-state index in [1.54, 1.807) is 18.3 Å². The molecular weight excluding hydrogens is 200 g/mol. The minimum Gasteiger partial charge on any atom is -0.370 e. The van der Waals surface area contributed by atoms with Crippen molar-refractivity contribution in [1.29, 1.82) is 5.26 Å². The molecule has 1 fully saturated rings. The molecule has 0 radical (unpaired) electrons. The number of nitrogens with one attached hydrogen (secondary N) is 2. The molecule has 1 aliphatic heterocycles. The van der Waals surface area contributed by atoms with Crippen LogP contribution < -0.4 is 10.6 Å². The van der Waals surface area contributed by atoms with Crippen LogP contribution in [0.1, 0.15) is 18.4 Å². The van der Waals surface area contributed by atoms with Gasteiger partial charge in [-0.1, -0.05) is 0 Å². The van der Waals surface area contributed by atoms with E-state index in [1.165, 1.54) is 6.42 Å². The minimum atomic E-state index is 0.653. The van der Waals surface area contributed by atoms with Crippen LogP contribution in [-0.2, 0) is 0 Å². The molecule has 0 aliphatic carbocycles. The van der Waals surface area contributed by atoms with Crippen LogP contribution in [0.2, 0.25) is 0 Å². The molecule has 0 bridgehead atoms. The van der Waals surface area contributed by atoms with Gasteiger partial charge in [-0.25, -0.2) is 4.98 Å². The Bertz CT molecular complexity index is 377. The van der Waals surface area contributed by atoms with Crippen LogP contribution >= 0.6 is 0 Å². The van der Waals surface area contributed by atoms with E-state index in [0.29, 0.717) is 5.56 Å². The van der Waals surface area contributed by atoms with Gasteiger partial charge in [0.05, 0.1) is 11.6 Å². The van der Waals surface area contributed by atoms with Crippen molar-refractivity contribution in [3.8, 4) is 6.07 Å². The lowest BCUT2D eigenvalue weighted by molar-refractivity contribution is 0.549. The molecule has 16 heavy (non-hydrogen) atoms. The van der Waals surface area contributed by atoms with Crippen molar-refractivity contribution < 1.29 is 0 Å². The molecule has 0 spiro atoms. The Balaban J connectivity index is 1.78. The Morgan fingerprint density at radius 1 is 1.62 bits per heavy atom. The average Bonchev–Trinajstić information content (AvgIpc) is 2.82. The van der Waals surface area contributed by atoms with Crippen LogP contribution in [-0.4, -0.2) is 24.6 Å². The highest BCUT2D eigenvalue weighted by molar-refractivity contribution is 5.42. The SMILES string of the molecule is N#Cc1ccnc(NCCC2CCNC2)c1. The molecule has 1 aromatic heterocycles. The summed E-state index contributed by atoms with van der Waals surface area (Å²) in [5.74, 6) is 1.58. The van der Waals surface area contributed by atoms with E-state index in [2.05, 4.69) is 21.7 Å². The second kappa shape index (κ2) is 5.47. The van der Waals surface area contributed by atoms with Gasteiger partial charge in [0.1, 0.15) is 5.82 Å². The van der Waals surface area contributed by atoms with Gasteiger partial charge in [-0.15, -0.1) is 0 Å². The molecule has 0 saturated carbocycles. The lowest BCUT2D eigenvalue weighted by atomic mass is 10.1. The van der Waals surface area contributed by atoms with Crippen LogP contribution in [0.5, 0.6) is 0 Å². The Morgan fingerprint density at radius 3 is 3.31 bits per heavy atom. The summed E-state index contributed by atoms with van der Waals surface area (Å²) in [6.07, 6.45) is 4.09. The Hall–Kier alpha value is -1.60. The highest BCUT2D eigenvalue weighted by Gasteiger charge is 2.13. The first-order valence-electron chi connectivity index (χ1n) is 5.69. The fraction of sp³-hybridized carbons (Fsp3) is 0.500. The third kappa shape index (κ3) is 2.94. The molecule has 4 heteroatoms. The summed E-state index contributed by atoms with van der Waals surface area (Å²) >= 11 is 0. The lowest BCUT2D eigenvalue weighted by Crippen LogP contribution is -2.13. The van der Waals surface area contributed by atoms with E-state index in [0.717, 1.165) is 37.8 Å². The fourth-order valence-corrected chi connectivity index (χ4v) is 1.96. The van der Waals surface area contributed by atoms with Gasteiger partial charge < -0.3 is 10.6 Å². The van der Waals surface area contributed by atoms with E-state index in [1.807, 2.05) is 0 Å². The molecule has 0 amide bonds. The van der Waals surface area contributed by atoms with Crippen molar-refractivity contribution in [3.63, 3.8) is 0 Å². The molecule has 84 valence electrons. The second-order valence-corrected chi connectivity index (χ2v) is 4.12. The molecule has 4 nitrogen and oxygen atoms in total. The smallest absolute Gasteiger partial charge is 0.127 e. The van der Waals surface area contributed by atoms with Crippen LogP contribution in [0.4, 0.5) is 5.82 Å². The van der Waals surface area contributed by atoms with Crippen molar-refractivity contribution in [2.75, 3.05) is 25.0 Å². The minimum absolute atomic E-state index is 0.653. The van der Waals surface area contributed by atoms with E-state index < -0.39 is 0 Å². The van der Waals surface area contributed by atoms with Gasteiger partial charge in [-0.05, 0) is 44.0 Å². The third-order valence-corrected chi connectivity index (χ3v) is 2.91. The first-order chi connectivity index (χ1) is 7.88. The predicted molar refractivity (Wildman–Crippen MR) is 63.0 cm³/mol. The average molecular weight is 216 g/mol. The number of hydrogen-bond acceptors (Lipinski definition) is 4. The summed E-state index contributed by atoms with van der Waals surface area (Å²) in [5.41, 5.74) is 0.653. The quantitative estimate of drug-likeness (QED) is 0.798. The van der Waals surface area contributed by atoms with E-state index in [4.69, 9.17) is 5.26 Å². The summed E-state index contributed by atoms with van der Waals surface area (Å²) in [5, 5.41) is 15.4. The molecule has 1 aromatic rings. The maximum atomic E-state index is 8.75. The molecule has 1 unspecified atom stereocenters. The highest BCUT2D eigenvalue weighted by atomic mass is 15.0. The molecule has 1 atom stereocenters. The number of rotatable bonds is 4. The van der Waals surface area contributed by atoms with E-state index in [9.17, 15) is 0 Å². The van der Waals surface area contributed by atoms with Gasteiger partial charge in [0.2, 0.25) is 0 Å². The van der Waals surface area contributed by atoms with Crippen LogP contribution in [0.25, 0.3) is 0 Å². The van der Waals surface area contributed by atoms with E-state index in [-0.39, 0.29) is 0 Å². The second-order valence-electron chi connectivity index (χ2n) is 4.12. The predicted octanol–water partition coefficient (Wildman–Crippen LogP) is 1.36. The van der Waals surface area contributed by atoms with Gasteiger partial charge in [0, 0.05) is 12.7 Å². The van der Waals surface area contributed by atoms with Crippen molar-refractivity contribution in [2.24, 2.45) is 5.92 Å². The van der Waals surface area contributed by atoms with Gasteiger partial charge in [0.15, 0.2) is 0 Å². The number of nitriles is 1. The molecule has 2 N–H and O–H groups in total. The maximum Gasteiger partial charge on any atom is 0.127 e. The number of anilines is 1. The largest absolute Gasteiger partial charge is 0.370 e. The number of pyridine rings is 1. The Kier molecular flexibility index (Phi) is 3.73. The number of hydrogen-bond donors (Lipinski definition) is 2. The standard InChI is InChI=1S/C12H16N4/c13-8-11-3-6-16-12(7-11)15-5-2-10-1-4-14-9-10/h3,6-7,10,14H,1-2,4-5,9H2,(H,15,16). The summed E-state index contributed by atoms with van der Waals surface area (Å²) in [4.78, 5) is 4.17. The molecule has 0 aromatic carbocycles. The van der Waals surface area contributed by atoms with Crippen molar-refractivity contribution in [1.82, 2.24) is 10.3 Å². The summed E-state index contributed by atoms with van der Waals surface area (Å²) in [7, 11) is 0. The van der Waals surface area contributed by atoms with Crippen molar-refractivity contribution in [3.05, 3.63) is 23.9 Å². The zero-order valence-corrected chi connectivity index (χ0v) is 9.24. The number of aromatic nitrogens is 1. The zero-order valence-electron chi connectivity index (χ0n) is 9.24. The van der Waals surface area contributed by atoms with Crippen LogP contribution in [0.15, 0.2) is 18.3 Å². The molecule has 2 heterocycles. The first-order valence-corrected chi connectivity index (χ1v) is 5.69. The highest BCUT2D eigenvalue weighted by Crippen LogP contribution is 2.12. The van der Waals surface area contributed by atoms with Crippen molar-refractivity contribution >= 4 is 5.82 Å². The molecule has 1 aliphatic rings. The Labute approximate surface area is 95.7 Å². The Morgan fingerprint density at radius 2 is 2.56 bits per heavy atom. The molecule has 1 saturated heterocycles.